The Morgan fingerprint density at radius 3 is 2.81 bits per heavy atom. The maximum absolute atomic E-state index is 11.8. The van der Waals surface area contributed by atoms with Crippen LogP contribution in [0.3, 0.4) is 0 Å². The molecule has 0 aromatic heterocycles. The van der Waals surface area contributed by atoms with E-state index in [1.165, 1.54) is 0 Å². The van der Waals surface area contributed by atoms with Gasteiger partial charge in [-0.15, -0.1) is 0 Å². The molecule has 5 heteroatoms. The number of hydrogen-bond donors (Lipinski definition) is 2. The molecule has 1 heterocycles. The topological polar surface area (TPSA) is 83.6 Å². The lowest BCUT2D eigenvalue weighted by Gasteiger charge is -2.33. The van der Waals surface area contributed by atoms with Crippen LogP contribution in [0.25, 0.3) is 0 Å². The molecular weight excluding hydrogens is 208 g/mol. The fourth-order valence-electron chi connectivity index (χ4n) is 2.09. The second-order valence-electron chi connectivity index (χ2n) is 4.41. The van der Waals surface area contributed by atoms with Crippen molar-refractivity contribution in [3.8, 4) is 0 Å². The van der Waals surface area contributed by atoms with Gasteiger partial charge in [0, 0.05) is 19.5 Å². The van der Waals surface area contributed by atoms with Crippen LogP contribution in [0.2, 0.25) is 0 Å². The summed E-state index contributed by atoms with van der Waals surface area (Å²) in [7, 11) is 0. The van der Waals surface area contributed by atoms with Gasteiger partial charge in [-0.05, 0) is 25.2 Å². The minimum absolute atomic E-state index is 0.0439. The van der Waals surface area contributed by atoms with Crippen molar-refractivity contribution in [1.82, 2.24) is 4.90 Å². The van der Waals surface area contributed by atoms with Gasteiger partial charge >= 0.3 is 5.97 Å². The van der Waals surface area contributed by atoms with Crippen molar-refractivity contribution in [2.75, 3.05) is 13.1 Å². The van der Waals surface area contributed by atoms with Gasteiger partial charge in [0.2, 0.25) is 5.91 Å². The molecule has 0 saturated carbocycles. The lowest BCUT2D eigenvalue weighted by molar-refractivity contribution is -0.141. The summed E-state index contributed by atoms with van der Waals surface area (Å²) in [6.07, 6.45) is 2.53. The van der Waals surface area contributed by atoms with Crippen LogP contribution < -0.4 is 5.73 Å². The van der Waals surface area contributed by atoms with Crippen molar-refractivity contribution in [2.45, 2.75) is 38.6 Å². The largest absolute Gasteiger partial charge is 0.481 e. The van der Waals surface area contributed by atoms with E-state index < -0.39 is 12.0 Å². The number of carbonyl (C=O) groups excluding carboxylic acids is 1. The first kappa shape index (κ1) is 13.0. The Bertz CT molecular complexity index is 268. The van der Waals surface area contributed by atoms with Crippen molar-refractivity contribution in [3.05, 3.63) is 0 Å². The molecule has 0 aromatic carbocycles. The highest BCUT2D eigenvalue weighted by atomic mass is 16.4. The maximum atomic E-state index is 11.8. The predicted octanol–water partition coefficient (Wildman–Crippen LogP) is 0.437. The molecule has 0 radical (unpaired) electrons. The third-order valence-corrected chi connectivity index (χ3v) is 3.05. The second kappa shape index (κ2) is 5.84. The molecule has 0 aromatic rings. The van der Waals surface area contributed by atoms with Crippen LogP contribution >= 0.6 is 0 Å². The molecule has 1 fully saturated rings. The summed E-state index contributed by atoms with van der Waals surface area (Å²) in [5.41, 5.74) is 5.69. The summed E-state index contributed by atoms with van der Waals surface area (Å²) in [5.74, 6) is -0.754. The number of carboxylic acids is 1. The van der Waals surface area contributed by atoms with Gasteiger partial charge in [-0.25, -0.2) is 0 Å². The number of rotatable bonds is 4. The van der Waals surface area contributed by atoms with Crippen LogP contribution in [0.15, 0.2) is 0 Å². The van der Waals surface area contributed by atoms with Crippen LogP contribution in [-0.4, -0.2) is 41.0 Å². The summed E-state index contributed by atoms with van der Waals surface area (Å²) in [4.78, 5) is 24.1. The highest BCUT2D eigenvalue weighted by molar-refractivity contribution is 5.81. The van der Waals surface area contributed by atoms with E-state index in [0.29, 0.717) is 19.5 Å². The van der Waals surface area contributed by atoms with Gasteiger partial charge in [-0.1, -0.05) is 6.92 Å². The molecule has 1 rings (SSSR count). The Hall–Kier alpha value is -1.10. The van der Waals surface area contributed by atoms with Gasteiger partial charge in [0.1, 0.15) is 0 Å². The normalized spacial score (nSPS) is 22.9. The fraction of sp³-hybridized carbons (Fsp3) is 0.818. The molecule has 0 spiro atoms. The van der Waals surface area contributed by atoms with E-state index in [9.17, 15) is 9.59 Å². The molecule has 0 aliphatic carbocycles. The molecule has 1 saturated heterocycles. The van der Waals surface area contributed by atoms with Crippen molar-refractivity contribution >= 4 is 11.9 Å². The van der Waals surface area contributed by atoms with Gasteiger partial charge in [0.05, 0.1) is 6.04 Å². The van der Waals surface area contributed by atoms with Gasteiger partial charge < -0.3 is 15.7 Å². The zero-order valence-corrected chi connectivity index (χ0v) is 9.69. The highest BCUT2D eigenvalue weighted by Crippen LogP contribution is 2.20. The smallest absolute Gasteiger partial charge is 0.303 e. The Morgan fingerprint density at radius 1 is 1.56 bits per heavy atom. The summed E-state index contributed by atoms with van der Waals surface area (Å²) in [6.45, 7) is 3.13. The second-order valence-corrected chi connectivity index (χ2v) is 4.41. The number of piperidine rings is 1. The average molecular weight is 228 g/mol. The zero-order valence-electron chi connectivity index (χ0n) is 9.69. The van der Waals surface area contributed by atoms with E-state index in [4.69, 9.17) is 10.8 Å². The van der Waals surface area contributed by atoms with Gasteiger partial charge in [0.25, 0.3) is 0 Å². The molecule has 92 valence electrons. The number of aliphatic carboxylic acids is 1. The summed E-state index contributed by atoms with van der Waals surface area (Å²) < 4.78 is 0. The van der Waals surface area contributed by atoms with Crippen molar-refractivity contribution in [1.29, 1.82) is 0 Å². The van der Waals surface area contributed by atoms with E-state index in [0.717, 1.165) is 12.8 Å². The van der Waals surface area contributed by atoms with E-state index >= 15 is 0 Å². The van der Waals surface area contributed by atoms with Gasteiger partial charge in [-0.2, -0.15) is 0 Å². The zero-order chi connectivity index (χ0) is 12.1. The predicted molar refractivity (Wildman–Crippen MR) is 59.8 cm³/mol. The van der Waals surface area contributed by atoms with Crippen molar-refractivity contribution < 1.29 is 14.7 Å². The number of likely N-dealkylation sites (tertiary alicyclic amines) is 1. The Labute approximate surface area is 95.6 Å². The molecule has 5 nitrogen and oxygen atoms in total. The molecule has 1 aliphatic rings. The van der Waals surface area contributed by atoms with Crippen LogP contribution in [-0.2, 0) is 9.59 Å². The third-order valence-electron chi connectivity index (χ3n) is 3.05. The summed E-state index contributed by atoms with van der Waals surface area (Å²) in [5, 5.41) is 8.72. The van der Waals surface area contributed by atoms with Crippen molar-refractivity contribution in [2.24, 2.45) is 11.7 Å². The Kier molecular flexibility index (Phi) is 4.73. The van der Waals surface area contributed by atoms with Crippen LogP contribution in [0.5, 0.6) is 0 Å². The lowest BCUT2D eigenvalue weighted by atomic mass is 9.94. The SMILES string of the molecule is CCC(N)C(=O)N1CCCC(CC(=O)O)C1. The Morgan fingerprint density at radius 2 is 2.25 bits per heavy atom. The van der Waals surface area contributed by atoms with Crippen LogP contribution in [0.1, 0.15) is 32.6 Å². The van der Waals surface area contributed by atoms with E-state index in [2.05, 4.69) is 0 Å². The minimum Gasteiger partial charge on any atom is -0.481 e. The number of carboxylic acid groups (broad SMARTS) is 1. The van der Waals surface area contributed by atoms with Gasteiger partial charge in [-0.3, -0.25) is 9.59 Å². The van der Waals surface area contributed by atoms with Crippen molar-refractivity contribution in [3.63, 3.8) is 0 Å². The average Bonchev–Trinajstić information content (AvgIpc) is 2.26. The molecule has 3 N–H and O–H groups in total. The molecule has 1 aliphatic heterocycles. The standard InChI is InChI=1S/C11H20N2O3/c1-2-9(12)11(16)13-5-3-4-8(7-13)6-10(14)15/h8-9H,2-7,12H2,1H3,(H,14,15). The van der Waals surface area contributed by atoms with E-state index in [-0.39, 0.29) is 18.2 Å². The van der Waals surface area contributed by atoms with E-state index in [1.807, 2.05) is 6.92 Å². The fourth-order valence-corrected chi connectivity index (χ4v) is 2.09. The first-order valence-corrected chi connectivity index (χ1v) is 5.80. The molecule has 2 unspecified atom stereocenters. The number of carbonyl (C=O) groups is 2. The number of nitrogens with two attached hydrogens (primary N) is 1. The number of amides is 1. The molecular formula is C11H20N2O3. The number of hydrogen-bond acceptors (Lipinski definition) is 3. The highest BCUT2D eigenvalue weighted by Gasteiger charge is 2.27. The minimum atomic E-state index is -0.793. The summed E-state index contributed by atoms with van der Waals surface area (Å²) >= 11 is 0. The van der Waals surface area contributed by atoms with Gasteiger partial charge in [0.15, 0.2) is 0 Å². The summed E-state index contributed by atoms with van der Waals surface area (Å²) in [6, 6.07) is -0.441. The molecule has 0 bridgehead atoms. The first-order valence-electron chi connectivity index (χ1n) is 5.80. The number of nitrogens with zero attached hydrogens (tertiary/aromatic N) is 1. The molecule has 2 atom stereocenters. The third kappa shape index (κ3) is 3.48. The van der Waals surface area contributed by atoms with E-state index in [1.54, 1.807) is 4.90 Å². The lowest BCUT2D eigenvalue weighted by Crippen LogP contribution is -2.48. The molecule has 1 amide bonds. The maximum Gasteiger partial charge on any atom is 0.303 e. The molecule has 16 heavy (non-hydrogen) atoms. The van der Waals surface area contributed by atoms with Crippen LogP contribution in [0.4, 0.5) is 0 Å². The monoisotopic (exact) mass is 228 g/mol. The van der Waals surface area contributed by atoms with Crippen LogP contribution in [0, 0.1) is 5.92 Å². The Balaban J connectivity index is 2.49. The first-order chi connectivity index (χ1) is 7.54. The quantitative estimate of drug-likeness (QED) is 0.731.